The van der Waals surface area contributed by atoms with Gasteiger partial charge in [0.2, 0.25) is 0 Å². The average Bonchev–Trinajstić information content (AvgIpc) is 2.35. The van der Waals surface area contributed by atoms with Crippen LogP contribution in [0.3, 0.4) is 0 Å². The van der Waals surface area contributed by atoms with Crippen LogP contribution in [0.1, 0.15) is 19.4 Å². The van der Waals surface area contributed by atoms with Crippen molar-refractivity contribution in [2.75, 3.05) is 5.94 Å². The van der Waals surface area contributed by atoms with Gasteiger partial charge in [0.05, 0.1) is 12.5 Å². The molecule has 4 nitrogen and oxygen atoms in total. The molecule has 1 atom stereocenters. The lowest BCUT2D eigenvalue weighted by Crippen LogP contribution is -2.46. The fourth-order valence-corrected chi connectivity index (χ4v) is 2.07. The van der Waals surface area contributed by atoms with E-state index >= 15 is 0 Å². The van der Waals surface area contributed by atoms with Crippen LogP contribution in [-0.2, 0) is 16.1 Å². The molecule has 0 fully saturated rings. The molecule has 1 aromatic rings. The lowest BCUT2D eigenvalue weighted by atomic mass is 10.1. The fourth-order valence-electron chi connectivity index (χ4n) is 1.31. The topological polar surface area (TPSA) is 72.5 Å². The van der Waals surface area contributed by atoms with Gasteiger partial charge >= 0.3 is 5.97 Å². The minimum atomic E-state index is -0.990. The van der Waals surface area contributed by atoms with E-state index in [1.165, 1.54) is 11.8 Å². The van der Waals surface area contributed by atoms with E-state index in [0.717, 1.165) is 5.56 Å². The molecular weight excluding hydrogens is 250 g/mol. The van der Waals surface area contributed by atoms with Gasteiger partial charge in [0.1, 0.15) is 6.04 Å². The van der Waals surface area contributed by atoms with E-state index < -0.39 is 16.8 Å². The summed E-state index contributed by atoms with van der Waals surface area (Å²) in [6, 6.07) is 8.93. The highest BCUT2D eigenvalue weighted by Crippen LogP contribution is 2.27. The van der Waals surface area contributed by atoms with E-state index in [0.29, 0.717) is 12.5 Å². The Morgan fingerprint density at radius 2 is 2.06 bits per heavy atom. The molecule has 5 heteroatoms. The molecule has 0 bridgehead atoms. The van der Waals surface area contributed by atoms with Crippen LogP contribution >= 0.6 is 11.8 Å². The Morgan fingerprint density at radius 3 is 2.61 bits per heavy atom. The first kappa shape index (κ1) is 15.0. The third-order valence-electron chi connectivity index (χ3n) is 2.64. The van der Waals surface area contributed by atoms with Crippen LogP contribution in [-0.4, -0.2) is 27.8 Å². The summed E-state index contributed by atoms with van der Waals surface area (Å²) < 4.78 is 4.95. The van der Waals surface area contributed by atoms with E-state index in [4.69, 9.17) is 15.6 Å². The molecule has 1 rings (SSSR count). The molecule has 0 heterocycles. The fraction of sp³-hybridized carbons (Fsp3) is 0.462. The van der Waals surface area contributed by atoms with Gasteiger partial charge in [0, 0.05) is 4.75 Å². The number of ether oxygens (including phenoxy) is 1. The van der Waals surface area contributed by atoms with Gasteiger partial charge in [-0.3, -0.25) is 4.79 Å². The first-order valence-electron chi connectivity index (χ1n) is 5.67. The SMILES string of the molecule is CC(C)(SCOCc1ccccc1)[C@H](N)C(=O)O. The number of thioether (sulfide) groups is 1. The number of hydrogen-bond donors (Lipinski definition) is 2. The van der Waals surface area contributed by atoms with Crippen LogP contribution in [0.15, 0.2) is 30.3 Å². The second kappa shape index (κ2) is 6.78. The van der Waals surface area contributed by atoms with Crippen LogP contribution < -0.4 is 5.73 Å². The molecule has 0 spiro atoms. The van der Waals surface area contributed by atoms with Crippen molar-refractivity contribution in [1.82, 2.24) is 0 Å². The molecule has 100 valence electrons. The average molecular weight is 269 g/mol. The van der Waals surface area contributed by atoms with Gasteiger partial charge < -0.3 is 15.6 Å². The Kier molecular flexibility index (Phi) is 5.65. The number of rotatable bonds is 7. The summed E-state index contributed by atoms with van der Waals surface area (Å²) in [7, 11) is 0. The Bertz CT molecular complexity index is 381. The normalized spacial score (nSPS) is 13.3. The summed E-state index contributed by atoms with van der Waals surface area (Å²) >= 11 is 1.41. The van der Waals surface area contributed by atoms with Crippen LogP contribution in [0.2, 0.25) is 0 Å². The largest absolute Gasteiger partial charge is 0.480 e. The van der Waals surface area contributed by atoms with Crippen LogP contribution in [0.4, 0.5) is 0 Å². The molecule has 0 aliphatic carbocycles. The van der Waals surface area contributed by atoms with Gasteiger partial charge in [-0.2, -0.15) is 0 Å². The Balaban J connectivity index is 2.31. The molecule has 18 heavy (non-hydrogen) atoms. The molecule has 0 unspecified atom stereocenters. The lowest BCUT2D eigenvalue weighted by Gasteiger charge is -2.27. The van der Waals surface area contributed by atoms with Crippen molar-refractivity contribution >= 4 is 17.7 Å². The van der Waals surface area contributed by atoms with Crippen molar-refractivity contribution < 1.29 is 14.6 Å². The summed E-state index contributed by atoms with van der Waals surface area (Å²) in [5.41, 5.74) is 6.71. The summed E-state index contributed by atoms with van der Waals surface area (Å²) in [6.45, 7) is 4.14. The standard InChI is InChI=1S/C13H19NO3S/c1-13(2,11(14)12(15)16)18-9-17-8-10-6-4-3-5-7-10/h3-7,11H,8-9,14H2,1-2H3,(H,15,16)/t11-/m1/s1. The molecule has 3 N–H and O–H groups in total. The van der Waals surface area contributed by atoms with Crippen LogP contribution in [0.5, 0.6) is 0 Å². The molecule has 0 radical (unpaired) electrons. The van der Waals surface area contributed by atoms with Gasteiger partial charge in [0.25, 0.3) is 0 Å². The third kappa shape index (κ3) is 4.68. The molecule has 1 aromatic carbocycles. The molecule has 0 aliphatic heterocycles. The van der Waals surface area contributed by atoms with E-state index in [-0.39, 0.29) is 0 Å². The van der Waals surface area contributed by atoms with Crippen molar-refractivity contribution in [2.45, 2.75) is 31.2 Å². The summed E-state index contributed by atoms with van der Waals surface area (Å²) in [5.74, 6) is -0.571. The Hall–Kier alpha value is -1.04. The summed E-state index contributed by atoms with van der Waals surface area (Å²) in [5, 5.41) is 8.87. The van der Waals surface area contributed by atoms with Crippen molar-refractivity contribution in [3.63, 3.8) is 0 Å². The van der Waals surface area contributed by atoms with Gasteiger partial charge in [-0.25, -0.2) is 0 Å². The predicted molar refractivity (Wildman–Crippen MR) is 73.4 cm³/mol. The predicted octanol–water partition coefficient (Wildman–Crippen LogP) is 2.08. The van der Waals surface area contributed by atoms with Gasteiger partial charge in [0.15, 0.2) is 0 Å². The molecule has 0 aliphatic rings. The summed E-state index contributed by atoms with van der Waals surface area (Å²) in [4.78, 5) is 10.8. The first-order chi connectivity index (χ1) is 8.43. The quantitative estimate of drug-likeness (QED) is 0.585. The number of carbonyl (C=O) groups is 1. The highest BCUT2D eigenvalue weighted by atomic mass is 32.2. The van der Waals surface area contributed by atoms with Crippen molar-refractivity contribution in [3.8, 4) is 0 Å². The van der Waals surface area contributed by atoms with Crippen molar-refractivity contribution in [2.24, 2.45) is 5.73 Å². The van der Waals surface area contributed by atoms with E-state index in [2.05, 4.69) is 0 Å². The van der Waals surface area contributed by atoms with Gasteiger partial charge in [-0.1, -0.05) is 30.3 Å². The molecular formula is C13H19NO3S. The molecule has 0 aromatic heterocycles. The highest BCUT2D eigenvalue weighted by molar-refractivity contribution is 8.00. The smallest absolute Gasteiger partial charge is 0.321 e. The number of carboxylic acids is 1. The lowest BCUT2D eigenvalue weighted by molar-refractivity contribution is -0.139. The summed E-state index contributed by atoms with van der Waals surface area (Å²) in [6.07, 6.45) is 0. The first-order valence-corrected chi connectivity index (χ1v) is 6.66. The minimum absolute atomic E-state index is 0.420. The van der Waals surface area contributed by atoms with E-state index in [9.17, 15) is 4.79 Å². The molecule has 0 saturated carbocycles. The maximum atomic E-state index is 10.8. The zero-order chi connectivity index (χ0) is 13.6. The molecule has 0 amide bonds. The molecule has 0 saturated heterocycles. The Morgan fingerprint density at radius 1 is 1.44 bits per heavy atom. The maximum absolute atomic E-state index is 10.8. The maximum Gasteiger partial charge on any atom is 0.321 e. The number of hydrogen-bond acceptors (Lipinski definition) is 4. The second-order valence-corrected chi connectivity index (χ2v) is 6.09. The zero-order valence-electron chi connectivity index (χ0n) is 10.6. The van der Waals surface area contributed by atoms with E-state index in [1.807, 2.05) is 44.2 Å². The second-order valence-electron chi connectivity index (χ2n) is 4.52. The monoisotopic (exact) mass is 269 g/mol. The van der Waals surface area contributed by atoms with Gasteiger partial charge in [-0.05, 0) is 19.4 Å². The minimum Gasteiger partial charge on any atom is -0.480 e. The zero-order valence-corrected chi connectivity index (χ0v) is 11.4. The number of carboxylic acid groups (broad SMARTS) is 1. The Labute approximate surface area is 112 Å². The number of aliphatic carboxylic acids is 1. The van der Waals surface area contributed by atoms with Crippen LogP contribution in [0, 0.1) is 0 Å². The highest BCUT2D eigenvalue weighted by Gasteiger charge is 2.32. The third-order valence-corrected chi connectivity index (χ3v) is 3.92. The van der Waals surface area contributed by atoms with Crippen molar-refractivity contribution in [1.29, 1.82) is 0 Å². The van der Waals surface area contributed by atoms with Crippen molar-refractivity contribution in [3.05, 3.63) is 35.9 Å². The number of nitrogens with two attached hydrogens (primary N) is 1. The van der Waals surface area contributed by atoms with Gasteiger partial charge in [-0.15, -0.1) is 11.8 Å². The van der Waals surface area contributed by atoms with E-state index in [1.54, 1.807) is 0 Å². The van der Waals surface area contributed by atoms with Crippen LogP contribution in [0.25, 0.3) is 0 Å². The number of benzene rings is 1.